The predicted molar refractivity (Wildman–Crippen MR) is 279 cm³/mol. The van der Waals surface area contributed by atoms with E-state index < -0.39 is 42.2 Å². The van der Waals surface area contributed by atoms with Gasteiger partial charge in [0.25, 0.3) is 0 Å². The molecule has 1 aliphatic rings. The first-order valence-electron chi connectivity index (χ1n) is 26.7. The molecule has 1 aromatic rings. The molecule has 1 heterocycles. The summed E-state index contributed by atoms with van der Waals surface area (Å²) in [5.74, 6) is -2.99. The van der Waals surface area contributed by atoms with E-state index in [1.54, 1.807) is 38.1 Å². The van der Waals surface area contributed by atoms with Gasteiger partial charge in [-0.15, -0.1) is 0 Å². The molecule has 1 saturated heterocycles. The lowest BCUT2D eigenvalue weighted by Crippen LogP contribution is -2.54. The summed E-state index contributed by atoms with van der Waals surface area (Å²) in [6, 6.07) is 7.62. The highest BCUT2D eigenvalue weighted by Crippen LogP contribution is 2.33. The zero-order valence-electron chi connectivity index (χ0n) is 46.1. The van der Waals surface area contributed by atoms with Gasteiger partial charge in [-0.1, -0.05) is 98.6 Å². The smallest absolute Gasteiger partial charge is 0.248 e. The molecule has 3 amide bonds. The molecule has 0 aliphatic carbocycles. The fraction of sp³-hybridized carbons (Fsp3) is 0.768. The molecular weight excluding hydrogens is 921 g/mol. The number of ketones is 4. The van der Waals surface area contributed by atoms with Crippen LogP contribution < -0.4 is 5.73 Å². The molecule has 3 N–H and O–H groups in total. The van der Waals surface area contributed by atoms with E-state index in [1.807, 2.05) is 85.7 Å². The largest absolute Gasteiger partial charge is 0.388 e. The number of hydrogen-bond acceptors (Lipinski definition) is 13. The molecular formula is C56H94N4O12. The first kappa shape index (κ1) is 64.2. The van der Waals surface area contributed by atoms with E-state index in [0.29, 0.717) is 51.7 Å². The van der Waals surface area contributed by atoms with Gasteiger partial charge in [0.1, 0.15) is 24.0 Å². The fourth-order valence-electron chi connectivity index (χ4n) is 10.2. The number of methoxy groups -OCH3 is 2. The standard InChI is InChI=1S/C56H94N4O12/c1-13-39(6)53(49(69-11)34-50(65)60-28-20-27-46(60)55(70-12)41(8)47(63)32-40(7)54(67)42-22-16-14-17-23-42)59(10)56(68)45(37(2)3)33-48(64)52(38(4)5)58(9)51(66)36-72-31-30-71-29-21-26-43(61)24-18-15-19-25-44(62)35-57/h14,16-17,22-23,37-41,45-46,49,52-55,67H,13,15,18-21,24-36,57H2,1-12H3/t39-,40-,41-,45?,46-,49?,52?,53-,54+,55?/m0/s1. The molecule has 16 nitrogen and oxygen atoms in total. The molecule has 410 valence electrons. The van der Waals surface area contributed by atoms with E-state index in [-0.39, 0.29) is 116 Å². The summed E-state index contributed by atoms with van der Waals surface area (Å²) >= 11 is 0. The van der Waals surface area contributed by atoms with Gasteiger partial charge in [0.05, 0.1) is 62.6 Å². The van der Waals surface area contributed by atoms with Crippen molar-refractivity contribution in [2.45, 2.75) is 175 Å². The molecule has 0 radical (unpaired) electrons. The summed E-state index contributed by atoms with van der Waals surface area (Å²) in [7, 11) is 6.41. The molecule has 0 saturated carbocycles. The van der Waals surface area contributed by atoms with Crippen molar-refractivity contribution in [2.24, 2.45) is 41.2 Å². The van der Waals surface area contributed by atoms with Crippen LogP contribution in [0.1, 0.15) is 151 Å². The SMILES string of the molecule is CC[C@H](C)[C@@H](C(CC(=O)N1CCC[C@H]1C(OC)[C@@H](C)C(=O)C[C@H](C)[C@@H](O)c1ccccc1)OC)N(C)C(=O)C(CC(=O)C(C(C)C)N(C)C(=O)COCCOCCCC(=O)CCCCCC(=O)CN)C(C)C. The molecule has 72 heavy (non-hydrogen) atoms. The van der Waals surface area contributed by atoms with Gasteiger partial charge in [0.2, 0.25) is 17.7 Å². The fourth-order valence-corrected chi connectivity index (χ4v) is 10.2. The number of hydrogen-bond donors (Lipinski definition) is 2. The molecule has 4 unspecified atom stereocenters. The third-order valence-corrected chi connectivity index (χ3v) is 14.9. The van der Waals surface area contributed by atoms with Crippen LogP contribution in [0.25, 0.3) is 0 Å². The Morgan fingerprint density at radius 3 is 1.94 bits per heavy atom. The van der Waals surface area contributed by atoms with Crippen molar-refractivity contribution in [1.82, 2.24) is 14.7 Å². The summed E-state index contributed by atoms with van der Waals surface area (Å²) < 4.78 is 23.3. The number of carbonyl (C=O) groups excluding carboxylic acids is 7. The Balaban J connectivity index is 2.05. The van der Waals surface area contributed by atoms with Gasteiger partial charge < -0.3 is 44.5 Å². The number of Topliss-reactive ketones (excluding diaryl/α,β-unsaturated/α-hetero) is 4. The third kappa shape index (κ3) is 20.4. The van der Waals surface area contributed by atoms with Crippen molar-refractivity contribution in [3.63, 3.8) is 0 Å². The Bertz CT molecular complexity index is 1810. The lowest BCUT2D eigenvalue weighted by Gasteiger charge is -2.41. The van der Waals surface area contributed by atoms with Gasteiger partial charge in [-0.25, -0.2) is 0 Å². The second-order valence-electron chi connectivity index (χ2n) is 20.9. The molecule has 0 spiro atoms. The molecule has 1 aliphatic heterocycles. The summed E-state index contributed by atoms with van der Waals surface area (Å²) in [6.45, 7) is 16.4. The van der Waals surface area contributed by atoms with Crippen molar-refractivity contribution in [2.75, 3.05) is 67.8 Å². The van der Waals surface area contributed by atoms with E-state index in [2.05, 4.69) is 0 Å². The van der Waals surface area contributed by atoms with Gasteiger partial charge >= 0.3 is 0 Å². The van der Waals surface area contributed by atoms with Crippen molar-refractivity contribution < 1.29 is 57.6 Å². The third-order valence-electron chi connectivity index (χ3n) is 14.9. The summed E-state index contributed by atoms with van der Waals surface area (Å²) in [5.41, 5.74) is 6.08. The number of rotatable bonds is 38. The van der Waals surface area contributed by atoms with Crippen LogP contribution >= 0.6 is 0 Å². The van der Waals surface area contributed by atoms with E-state index in [1.165, 1.54) is 4.90 Å². The number of nitrogens with zero attached hydrogens (tertiary/aromatic N) is 3. The van der Waals surface area contributed by atoms with Crippen LogP contribution in [0.2, 0.25) is 0 Å². The highest BCUT2D eigenvalue weighted by atomic mass is 16.5. The van der Waals surface area contributed by atoms with Gasteiger partial charge in [-0.2, -0.15) is 0 Å². The van der Waals surface area contributed by atoms with E-state index >= 15 is 0 Å². The monoisotopic (exact) mass is 1010 g/mol. The molecule has 2 rings (SSSR count). The summed E-state index contributed by atoms with van der Waals surface area (Å²) in [4.78, 5) is 98.7. The Labute approximate surface area is 432 Å². The van der Waals surface area contributed by atoms with Crippen LogP contribution in [0.4, 0.5) is 0 Å². The lowest BCUT2D eigenvalue weighted by atomic mass is 9.83. The first-order chi connectivity index (χ1) is 34.2. The number of likely N-dealkylation sites (tertiary alicyclic amines) is 1. The number of carbonyl (C=O) groups is 7. The first-order valence-corrected chi connectivity index (χ1v) is 26.7. The molecule has 1 fully saturated rings. The number of amides is 3. The molecule has 16 heteroatoms. The molecule has 10 atom stereocenters. The Hall–Kier alpha value is -3.93. The van der Waals surface area contributed by atoms with Crippen molar-refractivity contribution in [3.05, 3.63) is 35.9 Å². The lowest BCUT2D eigenvalue weighted by molar-refractivity contribution is -0.150. The summed E-state index contributed by atoms with van der Waals surface area (Å²) in [5, 5.41) is 11.0. The number of likely N-dealkylation sites (N-methyl/N-ethyl adjacent to an activating group) is 2. The number of ether oxygens (including phenoxy) is 4. The highest BCUT2D eigenvalue weighted by Gasteiger charge is 2.43. The second kappa shape index (κ2) is 33.8. The maximum atomic E-state index is 14.7. The minimum absolute atomic E-state index is 0.00949. The van der Waals surface area contributed by atoms with E-state index in [0.717, 1.165) is 31.2 Å². The van der Waals surface area contributed by atoms with Crippen LogP contribution in [0.3, 0.4) is 0 Å². The average molecular weight is 1020 g/mol. The maximum Gasteiger partial charge on any atom is 0.248 e. The highest BCUT2D eigenvalue weighted by molar-refractivity contribution is 5.93. The second-order valence-corrected chi connectivity index (χ2v) is 20.9. The van der Waals surface area contributed by atoms with Gasteiger partial charge in [0, 0.05) is 85.4 Å². The van der Waals surface area contributed by atoms with Crippen LogP contribution in [0, 0.1) is 35.5 Å². The average Bonchev–Trinajstić information content (AvgIpc) is 3.85. The van der Waals surface area contributed by atoms with Gasteiger partial charge in [-0.3, -0.25) is 33.6 Å². The van der Waals surface area contributed by atoms with E-state index in [9.17, 15) is 38.7 Å². The summed E-state index contributed by atoms with van der Waals surface area (Å²) in [6.07, 6.45) is 4.35. The molecule has 1 aromatic carbocycles. The van der Waals surface area contributed by atoms with Gasteiger partial charge in [0.15, 0.2) is 5.78 Å². The van der Waals surface area contributed by atoms with E-state index in [4.69, 9.17) is 24.7 Å². The Morgan fingerprint density at radius 2 is 1.36 bits per heavy atom. The normalized spacial score (nSPS) is 17.7. The number of unbranched alkanes of at least 4 members (excludes halogenated alkanes) is 2. The zero-order chi connectivity index (χ0) is 54.1. The number of nitrogens with two attached hydrogens (primary N) is 1. The van der Waals surface area contributed by atoms with Crippen LogP contribution in [-0.2, 0) is 52.5 Å². The maximum absolute atomic E-state index is 14.7. The Kier molecular flexibility index (Phi) is 30.1. The minimum atomic E-state index is -0.802. The topological polar surface area (TPSA) is 212 Å². The Morgan fingerprint density at radius 1 is 0.736 bits per heavy atom. The van der Waals surface area contributed by atoms with Crippen molar-refractivity contribution in [3.8, 4) is 0 Å². The van der Waals surface area contributed by atoms with Crippen molar-refractivity contribution >= 4 is 40.9 Å². The number of aliphatic hydroxyl groups is 1. The van der Waals surface area contributed by atoms with Crippen LogP contribution in [0.5, 0.6) is 0 Å². The zero-order valence-corrected chi connectivity index (χ0v) is 46.1. The quantitative estimate of drug-likeness (QED) is 0.0653. The molecule has 0 aromatic heterocycles. The van der Waals surface area contributed by atoms with Gasteiger partial charge in [-0.05, 0) is 61.3 Å². The minimum Gasteiger partial charge on any atom is -0.388 e. The van der Waals surface area contributed by atoms with Crippen LogP contribution in [-0.4, -0.2) is 159 Å². The van der Waals surface area contributed by atoms with Crippen LogP contribution in [0.15, 0.2) is 30.3 Å². The molecule has 0 bridgehead atoms. The van der Waals surface area contributed by atoms with Crippen molar-refractivity contribution in [1.29, 1.82) is 0 Å². The number of aliphatic hydroxyl groups excluding tert-OH is 1. The number of benzene rings is 1. The predicted octanol–water partition coefficient (Wildman–Crippen LogP) is 6.81.